The second kappa shape index (κ2) is 10.8. The van der Waals surface area contributed by atoms with Gasteiger partial charge in [-0.3, -0.25) is 4.21 Å². The molecule has 4 heterocycles. The molecule has 1 aromatic rings. The van der Waals surface area contributed by atoms with Gasteiger partial charge in [-0.2, -0.15) is 4.98 Å². The minimum Gasteiger partial charge on any atom is -0.444 e. The van der Waals surface area contributed by atoms with E-state index in [0.29, 0.717) is 18.7 Å². The number of carbonyl (C=O) groups is 1. The van der Waals surface area contributed by atoms with Crippen LogP contribution in [0.3, 0.4) is 0 Å². The summed E-state index contributed by atoms with van der Waals surface area (Å²) in [5, 5.41) is 3.84. The van der Waals surface area contributed by atoms with Crippen molar-refractivity contribution in [2.45, 2.75) is 69.4 Å². The summed E-state index contributed by atoms with van der Waals surface area (Å²) in [7, 11) is -1.10. The highest BCUT2D eigenvalue weighted by Gasteiger charge is 2.35. The first kappa shape index (κ1) is 26.3. The van der Waals surface area contributed by atoms with Gasteiger partial charge in [0.2, 0.25) is 5.95 Å². The summed E-state index contributed by atoms with van der Waals surface area (Å²) < 4.78 is 18.4. The number of nitrogens with zero attached hydrogens (tertiary/aromatic N) is 5. The number of ether oxygens (including phenoxy) is 1. The number of alkyl carbamates (subject to hydrolysis) is 1. The number of allylic oxidation sites excluding steroid dienone is 4. The van der Waals surface area contributed by atoms with E-state index in [1.54, 1.807) is 0 Å². The Hall–Kier alpha value is -2.33. The van der Waals surface area contributed by atoms with Crippen molar-refractivity contribution < 1.29 is 13.7 Å². The molecule has 11 heteroatoms. The quantitative estimate of drug-likeness (QED) is 0.597. The van der Waals surface area contributed by atoms with Gasteiger partial charge in [-0.05, 0) is 58.6 Å². The highest BCUT2D eigenvalue weighted by molar-refractivity contribution is 7.85. The number of halogens is 1. The van der Waals surface area contributed by atoms with Gasteiger partial charge in [-0.25, -0.2) is 9.78 Å². The molecule has 0 aromatic carbocycles. The number of amides is 1. The molecule has 5 rings (SSSR count). The van der Waals surface area contributed by atoms with Crippen LogP contribution in [0.4, 0.5) is 16.6 Å². The van der Waals surface area contributed by atoms with E-state index >= 15 is 0 Å². The van der Waals surface area contributed by atoms with Crippen molar-refractivity contribution in [3.05, 3.63) is 28.6 Å². The average molecular weight is 549 g/mol. The molecule has 37 heavy (non-hydrogen) atoms. The number of aryl methyl sites for hydroxylation is 1. The third-order valence-electron chi connectivity index (χ3n) is 7.23. The molecular formula is C26H37ClN6O3S. The molecular weight excluding hydrogens is 512 g/mol. The molecule has 2 saturated heterocycles. The summed E-state index contributed by atoms with van der Waals surface area (Å²) >= 11 is 6.14. The maximum absolute atomic E-state index is 13.0. The van der Waals surface area contributed by atoms with Crippen molar-refractivity contribution in [3.63, 3.8) is 0 Å². The third kappa shape index (κ3) is 6.06. The Morgan fingerprint density at radius 3 is 2.57 bits per heavy atom. The van der Waals surface area contributed by atoms with Crippen LogP contribution in [-0.4, -0.2) is 81.8 Å². The monoisotopic (exact) mass is 548 g/mol. The maximum Gasteiger partial charge on any atom is 0.407 e. The predicted octanol–water partition coefficient (Wildman–Crippen LogP) is 3.56. The number of nitrogens with one attached hydrogen (secondary N) is 1. The van der Waals surface area contributed by atoms with Gasteiger partial charge in [0.25, 0.3) is 0 Å². The van der Waals surface area contributed by atoms with Crippen molar-refractivity contribution in [2.24, 2.45) is 0 Å². The van der Waals surface area contributed by atoms with E-state index in [4.69, 9.17) is 26.3 Å². The largest absolute Gasteiger partial charge is 0.444 e. The van der Waals surface area contributed by atoms with Gasteiger partial charge in [-0.15, -0.1) is 0 Å². The fourth-order valence-electron chi connectivity index (χ4n) is 5.40. The fourth-order valence-corrected chi connectivity index (χ4v) is 6.92. The van der Waals surface area contributed by atoms with Gasteiger partial charge in [0.15, 0.2) is 5.82 Å². The molecule has 1 aliphatic carbocycles. The first-order chi connectivity index (χ1) is 17.7. The molecule has 1 amide bonds. The SMILES string of the molecule is CC(C)(C)OC(=O)NC[C@H]1CCCN1c1nc(N2CCN(C3=CC=C(Cl)CC3)CC2)nc2c1S(=O)CC2. The second-order valence-corrected chi connectivity index (χ2v) is 13.0. The number of carbonyl (C=O) groups excluding carboxylic acids is 1. The second-order valence-electron chi connectivity index (χ2n) is 11.0. The summed E-state index contributed by atoms with van der Waals surface area (Å²) in [6.07, 6.45) is 8.25. The molecule has 0 saturated carbocycles. The third-order valence-corrected chi connectivity index (χ3v) is 9.00. The minimum atomic E-state index is -1.10. The van der Waals surface area contributed by atoms with Gasteiger partial charge >= 0.3 is 6.09 Å². The van der Waals surface area contributed by atoms with E-state index in [1.807, 2.05) is 26.8 Å². The van der Waals surface area contributed by atoms with Gasteiger partial charge < -0.3 is 24.8 Å². The zero-order chi connectivity index (χ0) is 26.2. The van der Waals surface area contributed by atoms with Crippen LogP contribution in [-0.2, 0) is 22.0 Å². The molecule has 202 valence electrons. The van der Waals surface area contributed by atoms with E-state index in [-0.39, 0.29) is 6.04 Å². The maximum atomic E-state index is 13.0. The van der Waals surface area contributed by atoms with Crippen LogP contribution < -0.4 is 15.1 Å². The van der Waals surface area contributed by atoms with Crippen molar-refractivity contribution in [1.82, 2.24) is 20.2 Å². The predicted molar refractivity (Wildman–Crippen MR) is 147 cm³/mol. The van der Waals surface area contributed by atoms with E-state index in [1.165, 1.54) is 5.70 Å². The van der Waals surface area contributed by atoms with Crippen molar-refractivity contribution in [2.75, 3.05) is 54.8 Å². The number of anilines is 2. The fraction of sp³-hybridized carbons (Fsp3) is 0.654. The highest BCUT2D eigenvalue weighted by Crippen LogP contribution is 2.36. The van der Waals surface area contributed by atoms with Crippen LogP contribution in [0.15, 0.2) is 27.8 Å². The van der Waals surface area contributed by atoms with Crippen molar-refractivity contribution in [3.8, 4) is 0 Å². The molecule has 4 aliphatic rings. The first-order valence-electron chi connectivity index (χ1n) is 13.3. The van der Waals surface area contributed by atoms with Crippen LogP contribution >= 0.6 is 11.6 Å². The Balaban J connectivity index is 1.32. The Morgan fingerprint density at radius 2 is 1.86 bits per heavy atom. The van der Waals surface area contributed by atoms with Crippen LogP contribution in [0.5, 0.6) is 0 Å². The van der Waals surface area contributed by atoms with Gasteiger partial charge in [0.1, 0.15) is 10.5 Å². The zero-order valence-corrected chi connectivity index (χ0v) is 23.5. The van der Waals surface area contributed by atoms with Crippen LogP contribution in [0.1, 0.15) is 52.1 Å². The standard InChI is InChI=1S/C26H37ClN6O3S/c1-26(2,3)36-25(34)28-17-20-5-4-11-33(20)23-22-21(10-16-37(22)35)29-24(30-23)32-14-12-31(13-15-32)19-8-6-18(27)7-9-19/h6,8,20H,4-5,7,9-17H2,1-3H3,(H,28,34)/t20-,37?/m1/s1. The summed E-state index contributed by atoms with van der Waals surface area (Å²) in [6, 6.07) is 0.0759. The van der Waals surface area contributed by atoms with Gasteiger partial charge in [-0.1, -0.05) is 11.6 Å². The zero-order valence-electron chi connectivity index (χ0n) is 22.0. The first-order valence-corrected chi connectivity index (χ1v) is 15.0. The van der Waals surface area contributed by atoms with E-state index in [2.05, 4.69) is 26.1 Å². The Morgan fingerprint density at radius 1 is 1.11 bits per heavy atom. The molecule has 1 N–H and O–H groups in total. The summed E-state index contributed by atoms with van der Waals surface area (Å²) in [6.45, 7) is 10.3. The molecule has 0 bridgehead atoms. The lowest BCUT2D eigenvalue weighted by Gasteiger charge is -2.38. The minimum absolute atomic E-state index is 0.0759. The summed E-state index contributed by atoms with van der Waals surface area (Å²) in [4.78, 5) is 29.9. The van der Waals surface area contributed by atoms with Crippen LogP contribution in [0, 0.1) is 0 Å². The Kier molecular flexibility index (Phi) is 7.68. The van der Waals surface area contributed by atoms with E-state index in [9.17, 15) is 9.00 Å². The number of rotatable bonds is 5. The van der Waals surface area contributed by atoms with Gasteiger partial charge in [0.05, 0.1) is 16.5 Å². The Labute approximate surface area is 226 Å². The van der Waals surface area contributed by atoms with Crippen LogP contribution in [0.25, 0.3) is 0 Å². The van der Waals surface area contributed by atoms with Crippen molar-refractivity contribution >= 4 is 40.3 Å². The average Bonchev–Trinajstić information content (AvgIpc) is 3.48. The highest BCUT2D eigenvalue weighted by atomic mass is 35.5. The van der Waals surface area contributed by atoms with Gasteiger partial charge in [0, 0.05) is 68.2 Å². The van der Waals surface area contributed by atoms with E-state index in [0.717, 1.165) is 85.8 Å². The summed E-state index contributed by atoms with van der Waals surface area (Å²) in [5.74, 6) is 2.09. The lowest BCUT2D eigenvalue weighted by Crippen LogP contribution is -2.47. The molecule has 0 radical (unpaired) electrons. The molecule has 2 atom stereocenters. The molecule has 3 aliphatic heterocycles. The number of hydrogen-bond acceptors (Lipinski definition) is 8. The Bertz CT molecular complexity index is 1130. The number of aromatic nitrogens is 2. The van der Waals surface area contributed by atoms with E-state index < -0.39 is 22.5 Å². The number of piperazine rings is 1. The van der Waals surface area contributed by atoms with Crippen LogP contribution in [0.2, 0.25) is 0 Å². The lowest BCUT2D eigenvalue weighted by molar-refractivity contribution is 0.0524. The molecule has 9 nitrogen and oxygen atoms in total. The molecule has 2 fully saturated rings. The topological polar surface area (TPSA) is 90.9 Å². The van der Waals surface area contributed by atoms with Crippen molar-refractivity contribution in [1.29, 1.82) is 0 Å². The number of fused-ring (bicyclic) bond motifs is 1. The molecule has 1 aromatic heterocycles. The smallest absolute Gasteiger partial charge is 0.407 e. The number of hydrogen-bond donors (Lipinski definition) is 1. The lowest BCUT2D eigenvalue weighted by atomic mass is 10.1. The summed E-state index contributed by atoms with van der Waals surface area (Å²) in [5.41, 5.74) is 1.70. The molecule has 0 spiro atoms. The molecule has 1 unspecified atom stereocenters. The normalized spacial score (nSPS) is 24.1.